The zero-order valence-corrected chi connectivity index (χ0v) is 11.9. The summed E-state index contributed by atoms with van der Waals surface area (Å²) >= 11 is 5.57. The summed E-state index contributed by atoms with van der Waals surface area (Å²) in [5.74, 6) is -0.0714. The Kier molecular flexibility index (Phi) is 5.16. The monoisotopic (exact) mass is 289 g/mol. The first kappa shape index (κ1) is 15.0. The van der Waals surface area contributed by atoms with Crippen molar-refractivity contribution in [3.05, 3.63) is 29.8 Å². The van der Waals surface area contributed by atoms with Crippen molar-refractivity contribution in [3.8, 4) is 0 Å². The van der Waals surface area contributed by atoms with Gasteiger partial charge in [0, 0.05) is 24.6 Å². The summed E-state index contributed by atoms with van der Waals surface area (Å²) < 4.78 is 22.5. The van der Waals surface area contributed by atoms with Crippen molar-refractivity contribution in [2.45, 2.75) is 18.4 Å². The van der Waals surface area contributed by atoms with Crippen molar-refractivity contribution >= 4 is 27.3 Å². The van der Waals surface area contributed by atoms with Crippen LogP contribution in [0.3, 0.4) is 0 Å². The maximum Gasteiger partial charge on any atom is 0.224 e. The van der Waals surface area contributed by atoms with Gasteiger partial charge in [0.1, 0.15) is 0 Å². The van der Waals surface area contributed by atoms with E-state index in [4.69, 9.17) is 11.6 Å². The second kappa shape index (κ2) is 6.20. The second-order valence-corrected chi connectivity index (χ2v) is 6.51. The summed E-state index contributed by atoms with van der Waals surface area (Å²) in [6, 6.07) is 6.42. The smallest absolute Gasteiger partial charge is 0.224 e. The number of halogens is 1. The van der Waals surface area contributed by atoms with Crippen molar-refractivity contribution in [2.24, 2.45) is 5.92 Å². The van der Waals surface area contributed by atoms with Crippen LogP contribution >= 0.6 is 11.6 Å². The van der Waals surface area contributed by atoms with Crippen LogP contribution in [0, 0.1) is 5.92 Å². The molecular weight excluding hydrogens is 274 g/mol. The molecule has 18 heavy (non-hydrogen) atoms. The largest absolute Gasteiger partial charge is 0.352 e. The molecule has 1 atom stereocenters. The van der Waals surface area contributed by atoms with Crippen molar-refractivity contribution in [2.75, 3.05) is 12.1 Å². The summed E-state index contributed by atoms with van der Waals surface area (Å²) in [5.41, 5.74) is 0.845. The van der Waals surface area contributed by atoms with E-state index in [1.165, 1.54) is 12.1 Å². The lowest BCUT2D eigenvalue weighted by Crippen LogP contribution is -2.29. The van der Waals surface area contributed by atoms with E-state index in [1.54, 1.807) is 19.1 Å². The van der Waals surface area contributed by atoms with Crippen LogP contribution < -0.4 is 5.32 Å². The Bertz CT molecular complexity index is 511. The fraction of sp³-hybridized carbons (Fsp3) is 0.417. The fourth-order valence-electron chi connectivity index (χ4n) is 1.29. The number of rotatable bonds is 5. The molecule has 1 rings (SSSR count). The van der Waals surface area contributed by atoms with Gasteiger partial charge in [0.2, 0.25) is 5.91 Å². The highest BCUT2D eigenvalue weighted by molar-refractivity contribution is 7.90. The summed E-state index contributed by atoms with van der Waals surface area (Å²) in [5, 5.41) is 2.74. The molecule has 0 saturated carbocycles. The predicted octanol–water partition coefficient (Wildman–Crippen LogP) is 1.58. The Balaban J connectivity index is 2.63. The molecule has 0 fully saturated rings. The van der Waals surface area contributed by atoms with Gasteiger partial charge in [-0.2, -0.15) is 0 Å². The average Bonchev–Trinajstić information content (AvgIpc) is 2.34. The van der Waals surface area contributed by atoms with Gasteiger partial charge >= 0.3 is 0 Å². The summed E-state index contributed by atoms with van der Waals surface area (Å²) in [7, 11) is -3.17. The molecule has 0 spiro atoms. The van der Waals surface area contributed by atoms with Gasteiger partial charge in [-0.25, -0.2) is 8.42 Å². The normalized spacial score (nSPS) is 13.1. The zero-order chi connectivity index (χ0) is 13.8. The first-order chi connectivity index (χ1) is 8.34. The van der Waals surface area contributed by atoms with E-state index in [9.17, 15) is 13.2 Å². The van der Waals surface area contributed by atoms with Crippen LogP contribution in [0.5, 0.6) is 0 Å². The highest BCUT2D eigenvalue weighted by atomic mass is 35.5. The minimum atomic E-state index is -3.17. The van der Waals surface area contributed by atoms with E-state index in [-0.39, 0.29) is 22.6 Å². The van der Waals surface area contributed by atoms with Crippen LogP contribution in [0.1, 0.15) is 12.5 Å². The number of alkyl halides is 1. The molecule has 1 N–H and O–H groups in total. The molecular formula is C12H16ClNO3S. The standard InChI is InChI=1S/C12H16ClNO3S/c1-9(7-13)12(15)14-8-10-3-5-11(6-4-10)18(2,16)17/h3-6,9H,7-8H2,1-2H3,(H,14,15). The molecule has 6 heteroatoms. The van der Waals surface area contributed by atoms with E-state index in [0.29, 0.717) is 6.54 Å². The molecule has 0 aliphatic carbocycles. The van der Waals surface area contributed by atoms with E-state index >= 15 is 0 Å². The molecule has 1 aromatic carbocycles. The molecule has 0 radical (unpaired) electrons. The Labute approximate surface area is 112 Å². The predicted molar refractivity (Wildman–Crippen MR) is 71.3 cm³/mol. The van der Waals surface area contributed by atoms with Gasteiger partial charge in [-0.3, -0.25) is 4.79 Å². The van der Waals surface area contributed by atoms with Crippen molar-refractivity contribution in [1.29, 1.82) is 0 Å². The molecule has 0 aliphatic heterocycles. The van der Waals surface area contributed by atoms with E-state index in [0.717, 1.165) is 11.8 Å². The number of benzene rings is 1. The number of nitrogens with one attached hydrogen (secondary N) is 1. The van der Waals surface area contributed by atoms with Crippen LogP contribution in [0.25, 0.3) is 0 Å². The number of amides is 1. The number of carbonyl (C=O) groups excluding carboxylic acids is 1. The third kappa shape index (κ3) is 4.31. The van der Waals surface area contributed by atoms with Gasteiger partial charge in [0.05, 0.1) is 4.90 Å². The lowest BCUT2D eigenvalue weighted by Gasteiger charge is -2.09. The highest BCUT2D eigenvalue weighted by Gasteiger charge is 2.11. The first-order valence-corrected chi connectivity index (χ1v) is 7.90. The van der Waals surface area contributed by atoms with Crippen molar-refractivity contribution in [3.63, 3.8) is 0 Å². The molecule has 0 bridgehead atoms. The second-order valence-electron chi connectivity index (χ2n) is 4.19. The summed E-state index contributed by atoms with van der Waals surface area (Å²) in [6.07, 6.45) is 1.16. The topological polar surface area (TPSA) is 63.2 Å². The van der Waals surface area contributed by atoms with Gasteiger partial charge in [-0.15, -0.1) is 11.6 Å². The fourth-order valence-corrected chi connectivity index (χ4v) is 2.06. The third-order valence-corrected chi connectivity index (χ3v) is 4.09. The maximum absolute atomic E-state index is 11.5. The van der Waals surface area contributed by atoms with Crippen LogP contribution in [-0.2, 0) is 21.2 Å². The Morgan fingerprint density at radius 3 is 2.33 bits per heavy atom. The lowest BCUT2D eigenvalue weighted by molar-refractivity contribution is -0.124. The Hall–Kier alpha value is -1.07. The van der Waals surface area contributed by atoms with E-state index < -0.39 is 9.84 Å². The van der Waals surface area contributed by atoms with E-state index in [2.05, 4.69) is 5.32 Å². The number of carbonyl (C=O) groups is 1. The van der Waals surface area contributed by atoms with Crippen LogP contribution in [0.15, 0.2) is 29.2 Å². The van der Waals surface area contributed by atoms with Crippen molar-refractivity contribution in [1.82, 2.24) is 5.32 Å². The lowest BCUT2D eigenvalue weighted by atomic mass is 10.2. The molecule has 4 nitrogen and oxygen atoms in total. The zero-order valence-electron chi connectivity index (χ0n) is 10.3. The molecule has 0 aliphatic rings. The molecule has 0 aromatic heterocycles. The summed E-state index contributed by atoms with van der Waals surface area (Å²) in [6.45, 7) is 2.11. The molecule has 100 valence electrons. The maximum atomic E-state index is 11.5. The average molecular weight is 290 g/mol. The molecule has 0 heterocycles. The Morgan fingerprint density at radius 2 is 1.89 bits per heavy atom. The van der Waals surface area contributed by atoms with Gasteiger partial charge in [0.15, 0.2) is 9.84 Å². The van der Waals surface area contributed by atoms with Gasteiger partial charge < -0.3 is 5.32 Å². The molecule has 1 amide bonds. The minimum absolute atomic E-state index is 0.114. The third-order valence-electron chi connectivity index (χ3n) is 2.50. The summed E-state index contributed by atoms with van der Waals surface area (Å²) in [4.78, 5) is 11.8. The molecule has 0 saturated heterocycles. The van der Waals surface area contributed by atoms with Gasteiger partial charge in [0.25, 0.3) is 0 Å². The van der Waals surface area contributed by atoms with Crippen LogP contribution in [-0.4, -0.2) is 26.5 Å². The van der Waals surface area contributed by atoms with Crippen molar-refractivity contribution < 1.29 is 13.2 Å². The van der Waals surface area contributed by atoms with E-state index in [1.807, 2.05) is 0 Å². The number of hydrogen-bond acceptors (Lipinski definition) is 3. The highest BCUT2D eigenvalue weighted by Crippen LogP contribution is 2.10. The SMILES string of the molecule is CC(CCl)C(=O)NCc1ccc(S(C)(=O)=O)cc1. The Morgan fingerprint density at radius 1 is 1.33 bits per heavy atom. The van der Waals surface area contributed by atoms with Gasteiger partial charge in [-0.05, 0) is 17.7 Å². The number of sulfone groups is 1. The first-order valence-electron chi connectivity index (χ1n) is 5.47. The van der Waals surface area contributed by atoms with Crippen LogP contribution in [0.4, 0.5) is 0 Å². The molecule has 1 unspecified atom stereocenters. The quantitative estimate of drug-likeness (QED) is 0.837. The van der Waals surface area contributed by atoms with Gasteiger partial charge in [-0.1, -0.05) is 19.1 Å². The van der Waals surface area contributed by atoms with Crippen LogP contribution in [0.2, 0.25) is 0 Å². The minimum Gasteiger partial charge on any atom is -0.352 e. The molecule has 1 aromatic rings. The number of hydrogen-bond donors (Lipinski definition) is 1.